The average Bonchev–Trinajstić information content (AvgIpc) is 3.40. The summed E-state index contributed by atoms with van der Waals surface area (Å²) in [4.78, 5) is 33.8. The van der Waals surface area contributed by atoms with E-state index in [-0.39, 0.29) is 17.0 Å². The second-order valence-corrected chi connectivity index (χ2v) is 12.1. The smallest absolute Gasteiger partial charge is 0.251 e. The van der Waals surface area contributed by atoms with Crippen LogP contribution in [-0.4, -0.2) is 42.0 Å². The zero-order valence-electron chi connectivity index (χ0n) is 20.8. The summed E-state index contributed by atoms with van der Waals surface area (Å²) in [5.41, 5.74) is 10.2. The first-order valence-corrected chi connectivity index (χ1v) is 14.2. The summed E-state index contributed by atoms with van der Waals surface area (Å²) in [7, 11) is -3.52. The van der Waals surface area contributed by atoms with E-state index in [9.17, 15) is 18.0 Å². The molecular weight excluding hydrogens is 522 g/mol. The molecule has 38 heavy (non-hydrogen) atoms. The van der Waals surface area contributed by atoms with Gasteiger partial charge in [0.25, 0.3) is 5.91 Å². The molecule has 0 saturated carbocycles. The predicted molar refractivity (Wildman–Crippen MR) is 148 cm³/mol. The molecule has 0 aliphatic carbocycles. The van der Waals surface area contributed by atoms with E-state index >= 15 is 0 Å². The summed E-state index contributed by atoms with van der Waals surface area (Å²) >= 11 is 1.27. The lowest BCUT2D eigenvalue weighted by molar-refractivity contribution is -0.115. The Morgan fingerprint density at radius 2 is 1.74 bits per heavy atom. The van der Waals surface area contributed by atoms with Crippen LogP contribution in [0.2, 0.25) is 0 Å². The third-order valence-electron chi connectivity index (χ3n) is 5.72. The molecule has 0 unspecified atom stereocenters. The number of nitrogens with one attached hydrogen (secondary N) is 2. The number of nitrogens with zero attached hydrogens (tertiary/aromatic N) is 2. The molecule has 0 bridgehead atoms. The van der Waals surface area contributed by atoms with Crippen molar-refractivity contribution in [1.29, 1.82) is 0 Å². The Hall–Kier alpha value is -3.93. The maximum absolute atomic E-state index is 12.5. The van der Waals surface area contributed by atoms with E-state index in [1.165, 1.54) is 35.6 Å². The third kappa shape index (κ3) is 6.31. The molecule has 11 heteroatoms. The van der Waals surface area contributed by atoms with Crippen LogP contribution in [0.25, 0.3) is 22.4 Å². The third-order valence-corrected chi connectivity index (χ3v) is 8.63. The van der Waals surface area contributed by atoms with Crippen molar-refractivity contribution in [2.24, 2.45) is 5.73 Å². The van der Waals surface area contributed by atoms with Gasteiger partial charge in [-0.2, -0.15) is 0 Å². The highest BCUT2D eigenvalue weighted by molar-refractivity contribution is 7.92. The summed E-state index contributed by atoms with van der Waals surface area (Å²) in [6.07, 6.45) is 1.73. The highest BCUT2D eigenvalue weighted by Gasteiger charge is 2.20. The van der Waals surface area contributed by atoms with Gasteiger partial charge in [-0.25, -0.2) is 13.4 Å². The Labute approximate surface area is 225 Å². The van der Waals surface area contributed by atoms with Crippen LogP contribution in [0.15, 0.2) is 77.1 Å². The first-order valence-electron chi connectivity index (χ1n) is 11.8. The number of anilines is 1. The van der Waals surface area contributed by atoms with Gasteiger partial charge >= 0.3 is 0 Å². The van der Waals surface area contributed by atoms with Crippen LogP contribution in [-0.2, 0) is 21.2 Å². The molecule has 196 valence electrons. The maximum atomic E-state index is 12.5. The van der Waals surface area contributed by atoms with Gasteiger partial charge in [0.2, 0.25) is 5.91 Å². The maximum Gasteiger partial charge on any atom is 0.251 e. The van der Waals surface area contributed by atoms with E-state index < -0.39 is 26.9 Å². The second-order valence-electron chi connectivity index (χ2n) is 8.71. The lowest BCUT2D eigenvalue weighted by Crippen LogP contribution is -2.33. The van der Waals surface area contributed by atoms with Crippen molar-refractivity contribution in [3.05, 3.63) is 83.5 Å². The Balaban J connectivity index is 1.38. The number of hydrogen-bond acceptors (Lipinski definition) is 8. The molecule has 9 nitrogen and oxygen atoms in total. The molecule has 0 spiro atoms. The van der Waals surface area contributed by atoms with Gasteiger partial charge in [-0.3, -0.25) is 14.6 Å². The second kappa shape index (κ2) is 11.6. The fraction of sp³-hybridized carbons (Fsp3) is 0.185. The minimum absolute atomic E-state index is 0.0627. The van der Waals surface area contributed by atoms with Crippen LogP contribution in [0, 0.1) is 0 Å². The molecule has 0 saturated heterocycles. The van der Waals surface area contributed by atoms with Gasteiger partial charge in [0.15, 0.2) is 15.0 Å². The highest BCUT2D eigenvalue weighted by atomic mass is 32.2. The van der Waals surface area contributed by atoms with Crippen LogP contribution < -0.4 is 16.4 Å². The minimum atomic E-state index is -3.52. The van der Waals surface area contributed by atoms with Crippen molar-refractivity contribution in [2.45, 2.75) is 30.5 Å². The molecule has 0 fully saturated rings. The van der Waals surface area contributed by atoms with Crippen molar-refractivity contribution >= 4 is 38.1 Å². The number of hydrogen-bond donors (Lipinski definition) is 3. The topological polar surface area (TPSA) is 144 Å². The van der Waals surface area contributed by atoms with Gasteiger partial charge in [0, 0.05) is 29.2 Å². The number of amides is 2. The molecule has 0 atom stereocenters. The molecule has 2 amide bonds. The molecule has 0 radical (unpaired) electrons. The van der Waals surface area contributed by atoms with E-state index in [1.807, 2.05) is 41.8 Å². The van der Waals surface area contributed by atoms with Gasteiger partial charge in [-0.1, -0.05) is 24.3 Å². The number of rotatable bonds is 9. The number of carbonyl (C=O) groups excluding carboxylic acids is 2. The fourth-order valence-corrected chi connectivity index (χ4v) is 5.44. The number of thiazole rings is 1. The van der Waals surface area contributed by atoms with Crippen molar-refractivity contribution in [3.63, 3.8) is 0 Å². The van der Waals surface area contributed by atoms with Gasteiger partial charge in [0.1, 0.15) is 0 Å². The van der Waals surface area contributed by atoms with Crippen LogP contribution in [0.5, 0.6) is 0 Å². The number of carbonyl (C=O) groups is 2. The van der Waals surface area contributed by atoms with Crippen LogP contribution in [0.3, 0.4) is 0 Å². The molecule has 4 rings (SSSR count). The van der Waals surface area contributed by atoms with Crippen LogP contribution in [0.4, 0.5) is 5.13 Å². The largest absolute Gasteiger partial charge is 0.343 e. The van der Waals surface area contributed by atoms with Gasteiger partial charge in [0.05, 0.1) is 28.1 Å². The van der Waals surface area contributed by atoms with Crippen LogP contribution >= 0.6 is 11.3 Å². The average molecular weight is 550 g/mol. The van der Waals surface area contributed by atoms with Gasteiger partial charge in [-0.05, 0) is 61.4 Å². The zero-order chi connectivity index (χ0) is 27.3. The van der Waals surface area contributed by atoms with E-state index in [1.54, 1.807) is 20.0 Å². The predicted octanol–water partition coefficient (Wildman–Crippen LogP) is 3.88. The minimum Gasteiger partial charge on any atom is -0.343 e. The zero-order valence-corrected chi connectivity index (χ0v) is 22.5. The Bertz CT molecular complexity index is 1580. The monoisotopic (exact) mass is 549 g/mol. The molecule has 4 aromatic rings. The number of sulfone groups is 1. The lowest BCUT2D eigenvalue weighted by Gasteiger charge is -2.10. The Morgan fingerprint density at radius 1 is 1.00 bits per heavy atom. The number of aromatic nitrogens is 2. The quantitative estimate of drug-likeness (QED) is 0.287. The number of pyridine rings is 1. The SMILES string of the molecule is CC(C)S(=O)(=O)c1cccc(C(=O)NCC(=O)Nc2nc(-c3cccc(-c4ccnc(CN)c4)c3)cs2)c1. The van der Waals surface area contributed by atoms with Crippen LogP contribution in [0.1, 0.15) is 29.9 Å². The van der Waals surface area contributed by atoms with Crippen molar-refractivity contribution in [3.8, 4) is 22.4 Å². The first-order chi connectivity index (χ1) is 18.2. The normalized spacial score (nSPS) is 11.4. The summed E-state index contributed by atoms with van der Waals surface area (Å²) < 4.78 is 24.8. The first kappa shape index (κ1) is 27.1. The Morgan fingerprint density at radius 3 is 2.50 bits per heavy atom. The van der Waals surface area contributed by atoms with Crippen molar-refractivity contribution in [1.82, 2.24) is 15.3 Å². The standard InChI is InChI=1S/C27H27N5O4S2/c1-17(2)38(35,36)23-8-4-7-21(13-23)26(34)30-15-25(33)32-27-31-24(16-37-27)20-6-3-5-18(11-20)19-9-10-29-22(12-19)14-28/h3-13,16-17H,14-15,28H2,1-2H3,(H,30,34)(H,31,32,33). The molecular formula is C27H27N5O4S2. The van der Waals surface area contributed by atoms with Gasteiger partial charge in [-0.15, -0.1) is 11.3 Å². The van der Waals surface area contributed by atoms with Crippen molar-refractivity contribution in [2.75, 3.05) is 11.9 Å². The van der Waals surface area contributed by atoms with E-state index in [4.69, 9.17) is 5.73 Å². The molecule has 4 N–H and O–H groups in total. The molecule has 2 aromatic heterocycles. The summed E-state index contributed by atoms with van der Waals surface area (Å²) in [6.45, 7) is 3.21. The fourth-order valence-electron chi connectivity index (χ4n) is 3.60. The summed E-state index contributed by atoms with van der Waals surface area (Å²) in [6, 6.07) is 17.5. The molecule has 0 aliphatic heterocycles. The van der Waals surface area contributed by atoms with Gasteiger partial charge < -0.3 is 16.4 Å². The summed E-state index contributed by atoms with van der Waals surface area (Å²) in [5.74, 6) is -1.00. The highest BCUT2D eigenvalue weighted by Crippen LogP contribution is 2.29. The van der Waals surface area contributed by atoms with Crippen molar-refractivity contribution < 1.29 is 18.0 Å². The Kier molecular flexibility index (Phi) is 8.30. The molecule has 2 heterocycles. The number of benzene rings is 2. The summed E-state index contributed by atoms with van der Waals surface area (Å²) in [5, 5.41) is 6.82. The number of nitrogens with two attached hydrogens (primary N) is 1. The lowest BCUT2D eigenvalue weighted by atomic mass is 10.0. The van der Waals surface area contributed by atoms with E-state index in [0.29, 0.717) is 17.4 Å². The van der Waals surface area contributed by atoms with E-state index in [0.717, 1.165) is 22.4 Å². The molecule has 2 aromatic carbocycles. The molecule has 0 aliphatic rings. The van der Waals surface area contributed by atoms with E-state index in [2.05, 4.69) is 20.6 Å².